The molecule has 0 N–H and O–H groups in total. The molecular formula is C6H18B3N3. The first-order valence-corrected chi connectivity index (χ1v) is 4.74. The normalized spacial score (nSPS) is 26.0. The van der Waals surface area contributed by atoms with Crippen molar-refractivity contribution in [2.75, 3.05) is 39.3 Å². The number of nitrogens with zero attached hydrogens (tertiary/aromatic N) is 3. The second kappa shape index (κ2) is 4.95. The predicted octanol–water partition coefficient (Wildman–Crippen LogP) is -3.45. The minimum atomic E-state index is 1.20. The van der Waals surface area contributed by atoms with Crippen LogP contribution in [0.3, 0.4) is 0 Å². The third-order valence-electron chi connectivity index (χ3n) is 2.59. The lowest BCUT2D eigenvalue weighted by Gasteiger charge is -2.19. The summed E-state index contributed by atoms with van der Waals surface area (Å²) in [5, 5.41) is 0. The second-order valence-electron chi connectivity index (χ2n) is 3.91. The monoisotopic (exact) mass is 165 g/mol. The Morgan fingerprint density at radius 1 is 0.500 bits per heavy atom. The molecule has 1 aliphatic heterocycles. The van der Waals surface area contributed by atoms with E-state index in [-0.39, 0.29) is 0 Å². The van der Waals surface area contributed by atoms with Gasteiger partial charge in [-0.05, 0) is 39.3 Å². The van der Waals surface area contributed by atoms with Crippen LogP contribution in [0.2, 0.25) is 0 Å². The van der Waals surface area contributed by atoms with E-state index >= 15 is 0 Å². The molecule has 0 radical (unpaired) electrons. The Bertz CT molecular complexity index is 99.4. The average molecular weight is 165 g/mol. The minimum Gasteiger partial charge on any atom is -0.347 e. The molecule has 0 aromatic heterocycles. The lowest BCUT2D eigenvalue weighted by molar-refractivity contribution is 0.398. The Morgan fingerprint density at radius 3 is 0.833 bits per heavy atom. The largest absolute Gasteiger partial charge is 0.347 e. The highest BCUT2D eigenvalue weighted by molar-refractivity contribution is 6.06. The van der Waals surface area contributed by atoms with Crippen molar-refractivity contribution in [3.05, 3.63) is 0 Å². The summed E-state index contributed by atoms with van der Waals surface area (Å²) in [6.45, 7) is 7.19. The molecule has 0 bridgehead atoms. The molecule has 12 heavy (non-hydrogen) atoms. The third kappa shape index (κ3) is 3.65. The van der Waals surface area contributed by atoms with Gasteiger partial charge in [0.15, 0.2) is 23.9 Å². The Labute approximate surface area is 78.4 Å². The van der Waals surface area contributed by atoms with Gasteiger partial charge in [0.2, 0.25) is 0 Å². The highest BCUT2D eigenvalue weighted by atomic mass is 15.2. The molecule has 66 valence electrons. The van der Waals surface area contributed by atoms with Gasteiger partial charge < -0.3 is 14.4 Å². The summed E-state index contributed by atoms with van der Waals surface area (Å²) >= 11 is 0. The van der Waals surface area contributed by atoms with E-state index in [1.54, 1.807) is 0 Å². The maximum Gasteiger partial charge on any atom is 0.185 e. The van der Waals surface area contributed by atoms with Crippen LogP contribution in [0.4, 0.5) is 0 Å². The zero-order valence-electron chi connectivity index (χ0n) is 8.58. The van der Waals surface area contributed by atoms with Crippen molar-refractivity contribution in [2.24, 2.45) is 0 Å². The summed E-state index contributed by atoms with van der Waals surface area (Å²) in [7, 11) is 6.60. The molecule has 1 rings (SSSR count). The Morgan fingerprint density at radius 2 is 0.667 bits per heavy atom. The van der Waals surface area contributed by atoms with Crippen molar-refractivity contribution < 1.29 is 0 Å². The Balaban J connectivity index is 2.36. The van der Waals surface area contributed by atoms with E-state index in [1.165, 1.54) is 39.3 Å². The molecule has 0 amide bonds. The molecule has 0 aromatic rings. The van der Waals surface area contributed by atoms with Crippen LogP contribution in [0.1, 0.15) is 0 Å². The van der Waals surface area contributed by atoms with Gasteiger partial charge in [-0.15, -0.1) is 0 Å². The van der Waals surface area contributed by atoms with Gasteiger partial charge in [0.05, 0.1) is 0 Å². The molecule has 0 unspecified atom stereocenters. The summed E-state index contributed by atoms with van der Waals surface area (Å²) in [4.78, 5) is 7.20. The van der Waals surface area contributed by atoms with Gasteiger partial charge in [-0.2, -0.15) is 0 Å². The van der Waals surface area contributed by atoms with Gasteiger partial charge in [-0.1, -0.05) is 0 Å². The lowest BCUT2D eigenvalue weighted by Crippen LogP contribution is -2.33. The van der Waals surface area contributed by atoms with Crippen molar-refractivity contribution >= 4 is 23.9 Å². The van der Waals surface area contributed by atoms with E-state index in [0.717, 1.165) is 0 Å². The first kappa shape index (κ1) is 10.2. The number of hydrogen-bond donors (Lipinski definition) is 0. The van der Waals surface area contributed by atoms with E-state index in [0.29, 0.717) is 0 Å². The second-order valence-corrected chi connectivity index (χ2v) is 3.91. The van der Waals surface area contributed by atoms with Crippen LogP contribution in [0.5, 0.6) is 0 Å². The van der Waals surface area contributed by atoms with Crippen molar-refractivity contribution in [1.82, 2.24) is 14.4 Å². The zero-order chi connectivity index (χ0) is 8.97. The smallest absolute Gasteiger partial charge is 0.185 e. The maximum atomic E-state index is 2.40. The molecule has 0 atom stereocenters. The van der Waals surface area contributed by atoms with Gasteiger partial charge >= 0.3 is 0 Å². The van der Waals surface area contributed by atoms with E-state index in [1.807, 2.05) is 0 Å². The molecule has 0 spiro atoms. The molecule has 0 aliphatic carbocycles. The van der Waals surface area contributed by atoms with Crippen molar-refractivity contribution in [3.63, 3.8) is 0 Å². The summed E-state index contributed by atoms with van der Waals surface area (Å²) in [6.07, 6.45) is 0. The highest BCUT2D eigenvalue weighted by Gasteiger charge is 2.07. The predicted molar refractivity (Wildman–Crippen MR) is 60.4 cm³/mol. The van der Waals surface area contributed by atoms with Crippen LogP contribution in [0.15, 0.2) is 0 Å². The van der Waals surface area contributed by atoms with Gasteiger partial charge in [-0.3, -0.25) is 0 Å². The first-order valence-electron chi connectivity index (χ1n) is 4.74. The van der Waals surface area contributed by atoms with Crippen LogP contribution >= 0.6 is 0 Å². The van der Waals surface area contributed by atoms with Crippen LogP contribution in [-0.2, 0) is 0 Å². The fourth-order valence-corrected chi connectivity index (χ4v) is 1.36. The van der Waals surface area contributed by atoms with Crippen molar-refractivity contribution in [1.29, 1.82) is 0 Å². The Kier molecular flexibility index (Phi) is 4.19. The molecule has 1 fully saturated rings. The third-order valence-corrected chi connectivity index (χ3v) is 2.59. The molecule has 3 nitrogen and oxygen atoms in total. The van der Waals surface area contributed by atoms with E-state index in [9.17, 15) is 0 Å². The molecule has 1 aliphatic rings. The first-order chi connectivity index (χ1) is 5.68. The molecule has 6 heteroatoms. The topological polar surface area (TPSA) is 9.72 Å². The summed E-state index contributed by atoms with van der Waals surface area (Å²) in [5.41, 5.74) is 0. The van der Waals surface area contributed by atoms with Gasteiger partial charge in [0.1, 0.15) is 0 Å². The van der Waals surface area contributed by atoms with E-state index in [4.69, 9.17) is 0 Å². The zero-order valence-corrected chi connectivity index (χ0v) is 8.58. The maximum absolute atomic E-state index is 2.40. The van der Waals surface area contributed by atoms with E-state index in [2.05, 4.69) is 38.4 Å². The standard InChI is InChI=1S/C6H18B3N3/c7-10-1-2-11(8)5-6-12(9)4-3-10/h1-9H2. The molecule has 1 heterocycles. The minimum absolute atomic E-state index is 1.20. The summed E-state index contributed by atoms with van der Waals surface area (Å²) in [6, 6.07) is 0. The molecular weight excluding hydrogens is 147 g/mol. The van der Waals surface area contributed by atoms with Crippen molar-refractivity contribution in [3.8, 4) is 0 Å². The molecule has 1 saturated heterocycles. The fourth-order valence-electron chi connectivity index (χ4n) is 1.36. The van der Waals surface area contributed by atoms with Crippen LogP contribution < -0.4 is 0 Å². The van der Waals surface area contributed by atoms with Crippen molar-refractivity contribution in [2.45, 2.75) is 0 Å². The highest BCUT2D eigenvalue weighted by Crippen LogP contribution is 1.92. The summed E-state index contributed by atoms with van der Waals surface area (Å²) in [5.74, 6) is 0. The lowest BCUT2D eigenvalue weighted by atomic mass is 10.2. The quantitative estimate of drug-likeness (QED) is 0.345. The number of rotatable bonds is 0. The summed E-state index contributed by atoms with van der Waals surface area (Å²) < 4.78 is 0. The fraction of sp³-hybridized carbons (Fsp3) is 1.00. The SMILES string of the molecule is BN1CCN(B)CCN(B)CC1. The number of hydrogen-bond acceptors (Lipinski definition) is 3. The average Bonchev–Trinajstić information content (AvgIpc) is 2.11. The van der Waals surface area contributed by atoms with Crippen LogP contribution in [-0.4, -0.2) is 77.6 Å². The molecule has 0 saturated carbocycles. The van der Waals surface area contributed by atoms with Gasteiger partial charge in [-0.25, -0.2) is 0 Å². The van der Waals surface area contributed by atoms with Crippen LogP contribution in [0, 0.1) is 0 Å². The Hall–Kier alpha value is 0.0748. The van der Waals surface area contributed by atoms with Crippen LogP contribution in [0.25, 0.3) is 0 Å². The van der Waals surface area contributed by atoms with Gasteiger partial charge in [0, 0.05) is 0 Å². The molecule has 0 aromatic carbocycles. The van der Waals surface area contributed by atoms with Gasteiger partial charge in [0.25, 0.3) is 0 Å². The van der Waals surface area contributed by atoms with E-state index < -0.39 is 0 Å².